The van der Waals surface area contributed by atoms with Crippen LogP contribution in [0.2, 0.25) is 0 Å². The number of hydrogen-bond donors (Lipinski definition) is 1. The number of carbonyl (C=O) groups excluding carboxylic acids is 1. The zero-order valence-electron chi connectivity index (χ0n) is 14.9. The highest BCUT2D eigenvalue weighted by Gasteiger charge is 2.21. The van der Waals surface area contributed by atoms with Crippen LogP contribution in [0.25, 0.3) is 11.3 Å². The van der Waals surface area contributed by atoms with Gasteiger partial charge in [0.2, 0.25) is 5.91 Å². The number of aryl methyl sites for hydroxylation is 1. The van der Waals surface area contributed by atoms with Crippen LogP contribution in [0.1, 0.15) is 26.0 Å². The van der Waals surface area contributed by atoms with Crippen molar-refractivity contribution >= 4 is 18.3 Å². The second-order valence-electron chi connectivity index (χ2n) is 6.86. The number of hydrogen-bond acceptors (Lipinski definition) is 3. The predicted molar refractivity (Wildman–Crippen MR) is 100 cm³/mol. The normalized spacial score (nSPS) is 11.1. The molecule has 0 aliphatic heterocycles. The fourth-order valence-corrected chi connectivity index (χ4v) is 2.53. The van der Waals surface area contributed by atoms with E-state index < -0.39 is 0 Å². The molecule has 0 fully saturated rings. The molecule has 0 atom stereocenters. The molecule has 0 bridgehead atoms. The summed E-state index contributed by atoms with van der Waals surface area (Å²) in [5, 5.41) is 0. The smallest absolute Gasteiger partial charge is 0.222 e. The van der Waals surface area contributed by atoms with Crippen molar-refractivity contribution in [3.63, 3.8) is 0 Å². The van der Waals surface area contributed by atoms with Crippen molar-refractivity contribution < 1.29 is 13.6 Å². The fourth-order valence-electron chi connectivity index (χ4n) is 2.53. The molecule has 25 heavy (non-hydrogen) atoms. The third-order valence-electron chi connectivity index (χ3n) is 4.03. The van der Waals surface area contributed by atoms with Crippen molar-refractivity contribution in [3.05, 3.63) is 48.0 Å². The first-order valence-corrected chi connectivity index (χ1v) is 8.10. The standard InChI is InChI=1S/C19H25FN2O2.ClH/c1-19(2,12-21)13-22(3)18(23)11-9-14-8-10-17(24-14)15-6-4-5-7-16(15)20;/h4-8,10H,9,11-13,21H2,1-3H3;1H. The minimum absolute atomic E-state index is 0. The number of amides is 1. The van der Waals surface area contributed by atoms with E-state index in [1.165, 1.54) is 6.07 Å². The van der Waals surface area contributed by atoms with Gasteiger partial charge in [-0.15, -0.1) is 12.4 Å². The van der Waals surface area contributed by atoms with E-state index in [1.54, 1.807) is 42.3 Å². The summed E-state index contributed by atoms with van der Waals surface area (Å²) in [4.78, 5) is 13.9. The van der Waals surface area contributed by atoms with E-state index in [1.807, 2.05) is 13.8 Å². The highest BCUT2D eigenvalue weighted by molar-refractivity contribution is 5.85. The Bertz CT molecular complexity index is 700. The first-order valence-electron chi connectivity index (χ1n) is 8.10. The molecule has 1 aromatic heterocycles. The SMILES string of the molecule is CN(CC(C)(C)CN)C(=O)CCc1ccc(-c2ccccc2F)o1.Cl. The van der Waals surface area contributed by atoms with Crippen LogP contribution in [0.5, 0.6) is 0 Å². The second-order valence-corrected chi connectivity index (χ2v) is 6.86. The van der Waals surface area contributed by atoms with Crippen molar-refractivity contribution in [2.24, 2.45) is 11.1 Å². The molecule has 138 valence electrons. The summed E-state index contributed by atoms with van der Waals surface area (Å²) < 4.78 is 19.4. The molecule has 0 saturated carbocycles. The maximum absolute atomic E-state index is 13.8. The molecular formula is C19H26ClFN2O2. The molecule has 0 unspecified atom stereocenters. The number of nitrogens with two attached hydrogens (primary N) is 1. The Labute approximate surface area is 154 Å². The Hall–Kier alpha value is -1.85. The van der Waals surface area contributed by atoms with Gasteiger partial charge in [0, 0.05) is 26.4 Å². The molecule has 4 nitrogen and oxygen atoms in total. The van der Waals surface area contributed by atoms with Gasteiger partial charge in [0.05, 0.1) is 5.56 Å². The lowest BCUT2D eigenvalue weighted by Gasteiger charge is -2.29. The molecule has 1 amide bonds. The lowest BCUT2D eigenvalue weighted by molar-refractivity contribution is -0.131. The van der Waals surface area contributed by atoms with E-state index in [-0.39, 0.29) is 29.5 Å². The van der Waals surface area contributed by atoms with Gasteiger partial charge in [0.1, 0.15) is 17.3 Å². The molecule has 0 spiro atoms. The van der Waals surface area contributed by atoms with Gasteiger partial charge in [-0.3, -0.25) is 4.79 Å². The van der Waals surface area contributed by atoms with Gasteiger partial charge in [0.15, 0.2) is 0 Å². The van der Waals surface area contributed by atoms with E-state index in [2.05, 4.69) is 0 Å². The Balaban J connectivity index is 0.00000312. The Morgan fingerprint density at radius 1 is 1.24 bits per heavy atom. The molecule has 6 heteroatoms. The second kappa shape index (κ2) is 9.02. The maximum atomic E-state index is 13.8. The Morgan fingerprint density at radius 3 is 2.56 bits per heavy atom. The van der Waals surface area contributed by atoms with Crippen molar-refractivity contribution in [1.82, 2.24) is 4.90 Å². The predicted octanol–water partition coefficient (Wildman–Crippen LogP) is 3.88. The number of furan rings is 1. The molecular weight excluding hydrogens is 343 g/mol. The van der Waals surface area contributed by atoms with Crippen molar-refractivity contribution in [3.8, 4) is 11.3 Å². The van der Waals surface area contributed by atoms with Gasteiger partial charge in [-0.05, 0) is 36.2 Å². The zero-order chi connectivity index (χ0) is 17.7. The summed E-state index contributed by atoms with van der Waals surface area (Å²) in [6.45, 7) is 5.20. The summed E-state index contributed by atoms with van der Waals surface area (Å²) in [6.07, 6.45) is 0.835. The van der Waals surface area contributed by atoms with Gasteiger partial charge in [-0.25, -0.2) is 4.39 Å². The molecule has 2 aromatic rings. The van der Waals surface area contributed by atoms with E-state index in [0.29, 0.717) is 43.0 Å². The molecule has 2 N–H and O–H groups in total. The van der Waals surface area contributed by atoms with Crippen LogP contribution in [-0.2, 0) is 11.2 Å². The van der Waals surface area contributed by atoms with Crippen molar-refractivity contribution in [1.29, 1.82) is 0 Å². The van der Waals surface area contributed by atoms with Crippen LogP contribution >= 0.6 is 12.4 Å². The van der Waals surface area contributed by atoms with E-state index in [0.717, 1.165) is 0 Å². The van der Waals surface area contributed by atoms with Crippen LogP contribution < -0.4 is 5.73 Å². The van der Waals surface area contributed by atoms with Crippen LogP contribution in [0, 0.1) is 11.2 Å². The van der Waals surface area contributed by atoms with Crippen molar-refractivity contribution in [2.45, 2.75) is 26.7 Å². The summed E-state index contributed by atoms with van der Waals surface area (Å²) in [6, 6.07) is 10.00. The molecule has 0 aliphatic carbocycles. The molecule has 0 aliphatic rings. The minimum atomic E-state index is -0.321. The van der Waals surface area contributed by atoms with E-state index in [9.17, 15) is 9.18 Å². The van der Waals surface area contributed by atoms with Gasteiger partial charge < -0.3 is 15.1 Å². The summed E-state index contributed by atoms with van der Waals surface area (Å²) in [5.41, 5.74) is 6.03. The first-order chi connectivity index (χ1) is 11.3. The van der Waals surface area contributed by atoms with Gasteiger partial charge in [-0.1, -0.05) is 26.0 Å². The van der Waals surface area contributed by atoms with Gasteiger partial charge >= 0.3 is 0 Å². The number of rotatable bonds is 7. The molecule has 1 heterocycles. The summed E-state index contributed by atoms with van der Waals surface area (Å²) in [5.74, 6) is 0.875. The average Bonchev–Trinajstić information content (AvgIpc) is 3.01. The number of nitrogens with zero attached hydrogens (tertiary/aromatic N) is 1. The molecule has 1 aromatic carbocycles. The van der Waals surface area contributed by atoms with Crippen LogP contribution in [0.4, 0.5) is 4.39 Å². The minimum Gasteiger partial charge on any atom is -0.461 e. The van der Waals surface area contributed by atoms with Crippen LogP contribution in [-0.4, -0.2) is 30.9 Å². The first kappa shape index (κ1) is 21.2. The third-order valence-corrected chi connectivity index (χ3v) is 4.03. The van der Waals surface area contributed by atoms with Gasteiger partial charge in [0.25, 0.3) is 0 Å². The highest BCUT2D eigenvalue weighted by atomic mass is 35.5. The zero-order valence-corrected chi connectivity index (χ0v) is 15.7. The fraction of sp³-hybridized carbons (Fsp3) is 0.421. The lowest BCUT2D eigenvalue weighted by atomic mass is 9.93. The maximum Gasteiger partial charge on any atom is 0.222 e. The lowest BCUT2D eigenvalue weighted by Crippen LogP contribution is -2.39. The number of halogens is 2. The Kier molecular flexibility index (Phi) is 7.64. The number of carbonyl (C=O) groups is 1. The monoisotopic (exact) mass is 368 g/mol. The molecule has 0 radical (unpaired) electrons. The topological polar surface area (TPSA) is 59.5 Å². The van der Waals surface area contributed by atoms with E-state index in [4.69, 9.17) is 10.2 Å². The van der Waals surface area contributed by atoms with Crippen LogP contribution in [0.15, 0.2) is 40.8 Å². The largest absolute Gasteiger partial charge is 0.461 e. The van der Waals surface area contributed by atoms with Crippen LogP contribution in [0.3, 0.4) is 0 Å². The highest BCUT2D eigenvalue weighted by Crippen LogP contribution is 2.25. The molecule has 2 rings (SSSR count). The Morgan fingerprint density at radius 2 is 1.92 bits per heavy atom. The third kappa shape index (κ3) is 5.87. The average molecular weight is 369 g/mol. The summed E-state index contributed by atoms with van der Waals surface area (Å²) >= 11 is 0. The summed E-state index contributed by atoms with van der Waals surface area (Å²) in [7, 11) is 1.78. The van der Waals surface area contributed by atoms with Gasteiger partial charge in [-0.2, -0.15) is 0 Å². The number of benzene rings is 1. The quantitative estimate of drug-likeness (QED) is 0.806. The molecule has 0 saturated heterocycles. The van der Waals surface area contributed by atoms with E-state index >= 15 is 0 Å². The van der Waals surface area contributed by atoms with Crippen molar-refractivity contribution in [2.75, 3.05) is 20.1 Å².